The SMILES string of the molecule is CC(C)(C)OC(=O)NCCNC(=O)C1CCCN(Cc2nn(-c3ccccc3)c3c2CCC3)C1. The Kier molecular flexibility index (Phi) is 7.56. The van der Waals surface area contributed by atoms with Crippen molar-refractivity contribution in [3.8, 4) is 5.69 Å². The van der Waals surface area contributed by atoms with E-state index < -0.39 is 11.7 Å². The van der Waals surface area contributed by atoms with Gasteiger partial charge in [-0.1, -0.05) is 18.2 Å². The summed E-state index contributed by atoms with van der Waals surface area (Å²) in [6.45, 7) is 8.71. The molecule has 1 fully saturated rings. The van der Waals surface area contributed by atoms with Gasteiger partial charge in [0.25, 0.3) is 0 Å². The Bertz CT molecular complexity index is 996. The van der Waals surface area contributed by atoms with Crippen molar-refractivity contribution in [2.45, 2.75) is 65.0 Å². The molecule has 1 aliphatic heterocycles. The van der Waals surface area contributed by atoms with E-state index in [1.165, 1.54) is 17.7 Å². The molecule has 8 heteroatoms. The van der Waals surface area contributed by atoms with Crippen LogP contribution in [0.5, 0.6) is 0 Å². The summed E-state index contributed by atoms with van der Waals surface area (Å²) in [6, 6.07) is 10.3. The predicted octanol–water partition coefficient (Wildman–Crippen LogP) is 3.21. The van der Waals surface area contributed by atoms with Gasteiger partial charge in [0.2, 0.25) is 5.91 Å². The third kappa shape index (κ3) is 6.17. The van der Waals surface area contributed by atoms with Gasteiger partial charge in [0, 0.05) is 31.9 Å². The van der Waals surface area contributed by atoms with Gasteiger partial charge >= 0.3 is 6.09 Å². The van der Waals surface area contributed by atoms with E-state index in [1.807, 2.05) is 26.8 Å². The second-order valence-corrected chi connectivity index (χ2v) is 10.3. The number of ether oxygens (including phenoxy) is 1. The standard InChI is InChI=1S/C26H37N5O3/c1-26(2,3)34-25(33)28-15-14-27-24(32)19-9-8-16-30(17-19)18-22-21-12-7-13-23(21)31(29-22)20-10-5-4-6-11-20/h4-6,10-11,19H,7-9,12-18H2,1-3H3,(H,27,32)(H,28,33). The van der Waals surface area contributed by atoms with E-state index in [-0.39, 0.29) is 11.8 Å². The fraction of sp³-hybridized carbons (Fsp3) is 0.577. The zero-order valence-corrected chi connectivity index (χ0v) is 20.6. The van der Waals surface area contributed by atoms with Gasteiger partial charge in [-0.2, -0.15) is 5.10 Å². The number of benzene rings is 1. The highest BCUT2D eigenvalue weighted by molar-refractivity contribution is 5.79. The molecule has 0 spiro atoms. The topological polar surface area (TPSA) is 88.5 Å². The minimum absolute atomic E-state index is 0.0421. The Morgan fingerprint density at radius 2 is 1.85 bits per heavy atom. The summed E-state index contributed by atoms with van der Waals surface area (Å²) in [7, 11) is 0. The summed E-state index contributed by atoms with van der Waals surface area (Å²) in [5, 5.41) is 10.6. The van der Waals surface area contributed by atoms with Crippen LogP contribution in [-0.4, -0.2) is 58.5 Å². The highest BCUT2D eigenvalue weighted by Crippen LogP contribution is 2.29. The number of piperidine rings is 1. The van der Waals surface area contributed by atoms with Gasteiger partial charge < -0.3 is 15.4 Å². The van der Waals surface area contributed by atoms with Crippen LogP contribution in [0.4, 0.5) is 4.79 Å². The van der Waals surface area contributed by atoms with Crippen LogP contribution in [-0.2, 0) is 28.9 Å². The Labute approximate surface area is 202 Å². The largest absolute Gasteiger partial charge is 0.444 e. The lowest BCUT2D eigenvalue weighted by Crippen LogP contribution is -2.44. The first kappa shape index (κ1) is 24.3. The van der Waals surface area contributed by atoms with Crippen LogP contribution >= 0.6 is 0 Å². The molecule has 1 unspecified atom stereocenters. The number of para-hydroxylation sites is 1. The molecule has 34 heavy (non-hydrogen) atoms. The first-order chi connectivity index (χ1) is 16.3. The molecule has 2 amide bonds. The van der Waals surface area contributed by atoms with Crippen molar-refractivity contribution in [2.75, 3.05) is 26.2 Å². The maximum absolute atomic E-state index is 12.7. The molecule has 2 aliphatic rings. The maximum Gasteiger partial charge on any atom is 0.407 e. The normalized spacial score (nSPS) is 18.4. The number of rotatable bonds is 7. The van der Waals surface area contributed by atoms with E-state index in [1.54, 1.807) is 0 Å². The number of hydrogen-bond donors (Lipinski definition) is 2. The highest BCUT2D eigenvalue weighted by Gasteiger charge is 2.29. The fourth-order valence-electron chi connectivity index (χ4n) is 4.86. The third-order valence-corrected chi connectivity index (χ3v) is 6.36. The lowest BCUT2D eigenvalue weighted by Gasteiger charge is -2.31. The minimum Gasteiger partial charge on any atom is -0.444 e. The van der Waals surface area contributed by atoms with Crippen molar-refractivity contribution in [1.82, 2.24) is 25.3 Å². The summed E-state index contributed by atoms with van der Waals surface area (Å²) in [6.07, 6.45) is 4.75. The Balaban J connectivity index is 1.29. The van der Waals surface area contributed by atoms with Crippen molar-refractivity contribution < 1.29 is 14.3 Å². The third-order valence-electron chi connectivity index (χ3n) is 6.36. The zero-order valence-electron chi connectivity index (χ0n) is 20.6. The second kappa shape index (κ2) is 10.6. The van der Waals surface area contributed by atoms with Crippen LogP contribution in [0.2, 0.25) is 0 Å². The molecule has 1 aliphatic carbocycles. The zero-order chi connectivity index (χ0) is 24.1. The van der Waals surface area contributed by atoms with Gasteiger partial charge in [0.1, 0.15) is 5.60 Å². The van der Waals surface area contributed by atoms with Gasteiger partial charge in [0.05, 0.1) is 17.3 Å². The molecule has 8 nitrogen and oxygen atoms in total. The van der Waals surface area contributed by atoms with Gasteiger partial charge in [-0.3, -0.25) is 9.69 Å². The number of aromatic nitrogens is 2. The first-order valence-electron chi connectivity index (χ1n) is 12.4. The van der Waals surface area contributed by atoms with Crippen molar-refractivity contribution >= 4 is 12.0 Å². The van der Waals surface area contributed by atoms with E-state index >= 15 is 0 Å². The summed E-state index contributed by atoms with van der Waals surface area (Å²) in [5.74, 6) is 0.00951. The Morgan fingerprint density at radius 3 is 2.62 bits per heavy atom. The van der Waals surface area contributed by atoms with Crippen LogP contribution in [0, 0.1) is 5.92 Å². The summed E-state index contributed by atoms with van der Waals surface area (Å²) in [5.41, 5.74) is 4.46. The number of amides is 2. The van der Waals surface area contributed by atoms with E-state index in [4.69, 9.17) is 9.84 Å². The monoisotopic (exact) mass is 467 g/mol. The summed E-state index contributed by atoms with van der Waals surface area (Å²) >= 11 is 0. The number of carbonyl (C=O) groups excluding carboxylic acids is 2. The van der Waals surface area contributed by atoms with Crippen LogP contribution < -0.4 is 10.6 Å². The predicted molar refractivity (Wildman–Crippen MR) is 131 cm³/mol. The quantitative estimate of drug-likeness (QED) is 0.611. The van der Waals surface area contributed by atoms with E-state index in [0.29, 0.717) is 13.1 Å². The number of nitrogens with zero attached hydrogens (tertiary/aromatic N) is 3. The molecule has 1 aromatic carbocycles. The molecule has 1 saturated heterocycles. The highest BCUT2D eigenvalue weighted by atomic mass is 16.6. The molecule has 2 aromatic rings. The molecule has 184 valence electrons. The van der Waals surface area contributed by atoms with Crippen LogP contribution in [0.25, 0.3) is 5.69 Å². The van der Waals surface area contributed by atoms with Gasteiger partial charge in [-0.05, 0) is 77.1 Å². The molecule has 1 atom stereocenters. The lowest BCUT2D eigenvalue weighted by atomic mass is 9.97. The molecular formula is C26H37N5O3. The molecule has 0 bridgehead atoms. The maximum atomic E-state index is 12.7. The first-order valence-corrected chi connectivity index (χ1v) is 12.4. The number of carbonyl (C=O) groups is 2. The Hall–Kier alpha value is -2.87. The van der Waals surface area contributed by atoms with Gasteiger partial charge in [-0.15, -0.1) is 0 Å². The average molecular weight is 468 g/mol. The number of likely N-dealkylation sites (tertiary alicyclic amines) is 1. The minimum atomic E-state index is -0.532. The van der Waals surface area contributed by atoms with Crippen molar-refractivity contribution in [3.05, 3.63) is 47.3 Å². The molecule has 0 saturated carbocycles. The lowest BCUT2D eigenvalue weighted by molar-refractivity contribution is -0.126. The van der Waals surface area contributed by atoms with Gasteiger partial charge in [0.15, 0.2) is 0 Å². The molecule has 2 heterocycles. The van der Waals surface area contributed by atoms with E-state index in [9.17, 15) is 9.59 Å². The van der Waals surface area contributed by atoms with Crippen LogP contribution in [0.15, 0.2) is 30.3 Å². The van der Waals surface area contributed by atoms with E-state index in [0.717, 1.165) is 56.7 Å². The van der Waals surface area contributed by atoms with Crippen molar-refractivity contribution in [1.29, 1.82) is 0 Å². The molecular weight excluding hydrogens is 430 g/mol. The molecule has 4 rings (SSSR count). The molecule has 2 N–H and O–H groups in total. The molecule has 0 radical (unpaired) electrons. The number of nitrogens with one attached hydrogen (secondary N) is 2. The average Bonchev–Trinajstić information content (AvgIpc) is 3.40. The van der Waals surface area contributed by atoms with Crippen LogP contribution in [0.3, 0.4) is 0 Å². The number of fused-ring (bicyclic) bond motifs is 1. The number of alkyl carbamates (subject to hydrolysis) is 1. The van der Waals surface area contributed by atoms with Crippen LogP contribution in [0.1, 0.15) is 57.0 Å². The second-order valence-electron chi connectivity index (χ2n) is 10.3. The van der Waals surface area contributed by atoms with Crippen molar-refractivity contribution in [3.63, 3.8) is 0 Å². The van der Waals surface area contributed by atoms with E-state index in [2.05, 4.69) is 44.5 Å². The smallest absolute Gasteiger partial charge is 0.407 e. The Morgan fingerprint density at radius 1 is 1.09 bits per heavy atom. The van der Waals surface area contributed by atoms with Crippen molar-refractivity contribution in [2.24, 2.45) is 5.92 Å². The summed E-state index contributed by atoms with van der Waals surface area (Å²) in [4.78, 5) is 26.8. The van der Waals surface area contributed by atoms with Gasteiger partial charge in [-0.25, -0.2) is 9.48 Å². The number of hydrogen-bond acceptors (Lipinski definition) is 5. The molecule has 1 aromatic heterocycles. The summed E-state index contributed by atoms with van der Waals surface area (Å²) < 4.78 is 7.33. The fourth-order valence-corrected chi connectivity index (χ4v) is 4.86.